The summed E-state index contributed by atoms with van der Waals surface area (Å²) in [5.74, 6) is 1.23. The molecule has 194 valence electrons. The third kappa shape index (κ3) is 6.78. The Labute approximate surface area is 222 Å². The van der Waals surface area contributed by atoms with Gasteiger partial charge in [0, 0.05) is 5.57 Å². The van der Waals surface area contributed by atoms with Crippen LogP contribution in [0.5, 0.6) is 0 Å². The smallest absolute Gasteiger partial charge is 0.333 e. The molecule has 0 bridgehead atoms. The largest absolute Gasteiger partial charge is 0.462 e. The van der Waals surface area contributed by atoms with Crippen LogP contribution in [0.25, 0.3) is 22.3 Å². The van der Waals surface area contributed by atoms with Crippen molar-refractivity contribution in [1.29, 1.82) is 0 Å². The van der Waals surface area contributed by atoms with Crippen LogP contribution in [-0.2, 0) is 22.6 Å². The molecule has 0 aliphatic heterocycles. The highest BCUT2D eigenvalue weighted by atomic mass is 16.5. The summed E-state index contributed by atoms with van der Waals surface area (Å²) in [4.78, 5) is 11.6. The zero-order valence-corrected chi connectivity index (χ0v) is 22.6. The Balaban J connectivity index is 1.47. The fourth-order valence-corrected chi connectivity index (χ4v) is 5.44. The van der Waals surface area contributed by atoms with Gasteiger partial charge in [0.2, 0.25) is 0 Å². The Morgan fingerprint density at radius 2 is 1.59 bits per heavy atom. The van der Waals surface area contributed by atoms with Gasteiger partial charge in [0.1, 0.15) is 0 Å². The number of hydrogen-bond acceptors (Lipinski definition) is 3. The summed E-state index contributed by atoms with van der Waals surface area (Å²) < 4.78 is 5.23. The van der Waals surface area contributed by atoms with Crippen LogP contribution in [0.15, 0.2) is 72.8 Å². The molecule has 0 unspecified atom stereocenters. The predicted octanol–water partition coefficient (Wildman–Crippen LogP) is 8.17. The summed E-state index contributed by atoms with van der Waals surface area (Å²) in [6, 6.07) is 22.1. The summed E-state index contributed by atoms with van der Waals surface area (Å²) in [6.07, 6.45) is 6.74. The van der Waals surface area contributed by atoms with Crippen LogP contribution < -0.4 is 0 Å². The minimum absolute atomic E-state index is 0.00499. The van der Waals surface area contributed by atoms with Crippen molar-refractivity contribution >= 4 is 5.97 Å². The molecule has 1 N–H and O–H groups in total. The predicted molar refractivity (Wildman–Crippen MR) is 152 cm³/mol. The molecule has 1 aliphatic carbocycles. The number of aryl methyl sites for hydroxylation is 2. The number of hydrogen-bond donors (Lipinski definition) is 1. The van der Waals surface area contributed by atoms with Crippen molar-refractivity contribution < 1.29 is 14.6 Å². The molecular weight excluding hydrogens is 456 g/mol. The van der Waals surface area contributed by atoms with Crippen LogP contribution in [0.2, 0.25) is 0 Å². The number of aliphatic hydroxyl groups excluding tert-OH is 1. The van der Waals surface area contributed by atoms with Gasteiger partial charge in [0.25, 0.3) is 0 Å². The number of carbonyl (C=O) groups excluding carboxylic acids is 1. The van der Waals surface area contributed by atoms with Crippen LogP contribution >= 0.6 is 0 Å². The lowest BCUT2D eigenvalue weighted by atomic mass is 9.79. The first-order valence-electron chi connectivity index (χ1n) is 13.6. The molecule has 3 nitrogen and oxygen atoms in total. The molecule has 0 spiro atoms. The maximum atomic E-state index is 11.6. The summed E-state index contributed by atoms with van der Waals surface area (Å²) in [6.45, 7) is 10.1. The molecule has 0 amide bonds. The number of benzene rings is 3. The molecule has 3 heteroatoms. The van der Waals surface area contributed by atoms with E-state index in [4.69, 9.17) is 4.74 Å². The van der Waals surface area contributed by atoms with Gasteiger partial charge in [-0.15, -0.1) is 0 Å². The lowest BCUT2D eigenvalue weighted by Gasteiger charge is -2.26. The molecule has 4 rings (SSSR count). The Morgan fingerprint density at radius 3 is 2.24 bits per heavy atom. The first kappa shape index (κ1) is 26.9. The van der Waals surface area contributed by atoms with E-state index in [1.807, 2.05) is 6.07 Å². The van der Waals surface area contributed by atoms with Crippen LogP contribution in [0.1, 0.15) is 74.1 Å². The zero-order chi connectivity index (χ0) is 26.4. The van der Waals surface area contributed by atoms with Crippen LogP contribution in [-0.4, -0.2) is 17.7 Å². The highest BCUT2D eigenvalue weighted by molar-refractivity contribution is 5.86. The Kier molecular flexibility index (Phi) is 9.00. The average molecular weight is 497 g/mol. The number of carbonyl (C=O) groups is 1. The maximum Gasteiger partial charge on any atom is 0.333 e. The SMILES string of the molecule is C=C(C)C(=O)OCCCc1cc(-c2ccc(-c3ccc(C4CCC(C)CC4)cc3)cc2C)ccc1CO. The van der Waals surface area contributed by atoms with E-state index < -0.39 is 0 Å². The summed E-state index contributed by atoms with van der Waals surface area (Å²) in [5, 5.41) is 9.83. The van der Waals surface area contributed by atoms with Crippen LogP contribution in [0, 0.1) is 12.8 Å². The number of rotatable bonds is 9. The zero-order valence-electron chi connectivity index (χ0n) is 22.6. The van der Waals surface area contributed by atoms with Gasteiger partial charge >= 0.3 is 5.97 Å². The second-order valence-corrected chi connectivity index (χ2v) is 10.8. The topological polar surface area (TPSA) is 46.5 Å². The molecule has 1 aliphatic rings. The first-order valence-corrected chi connectivity index (χ1v) is 13.6. The second kappa shape index (κ2) is 12.4. The van der Waals surface area contributed by atoms with Gasteiger partial charge in [-0.05, 0) is 95.9 Å². The molecule has 0 radical (unpaired) electrons. The van der Waals surface area contributed by atoms with Crippen molar-refractivity contribution in [2.75, 3.05) is 6.61 Å². The number of esters is 1. The minimum Gasteiger partial charge on any atom is -0.462 e. The van der Waals surface area contributed by atoms with E-state index in [1.54, 1.807) is 6.92 Å². The molecule has 1 saturated carbocycles. The molecule has 1 fully saturated rings. The molecule has 0 atom stereocenters. The normalized spacial score (nSPS) is 17.4. The lowest BCUT2D eigenvalue weighted by Crippen LogP contribution is -2.10. The van der Waals surface area contributed by atoms with Crippen molar-refractivity contribution in [3.8, 4) is 22.3 Å². The average Bonchev–Trinajstić information content (AvgIpc) is 2.91. The van der Waals surface area contributed by atoms with E-state index in [0.717, 1.165) is 29.0 Å². The quantitative estimate of drug-likeness (QED) is 0.185. The molecule has 0 saturated heterocycles. The lowest BCUT2D eigenvalue weighted by molar-refractivity contribution is -0.139. The second-order valence-electron chi connectivity index (χ2n) is 10.8. The number of aliphatic hydroxyl groups is 1. The fraction of sp³-hybridized carbons (Fsp3) is 0.382. The standard InChI is InChI=1S/C34H40O3/c1-23(2)34(36)37-19-5-6-29-21-31(15-16-32(29)22-35)33-18-17-30(20-25(33)4)28-13-11-27(12-14-28)26-9-7-24(3)8-10-26/h11-18,20-21,24,26,35H,1,5-10,19,22H2,2-4H3. The summed E-state index contributed by atoms with van der Waals surface area (Å²) in [5.41, 5.74) is 9.93. The van der Waals surface area contributed by atoms with E-state index in [1.165, 1.54) is 53.5 Å². The number of ether oxygens (including phenoxy) is 1. The van der Waals surface area contributed by atoms with Gasteiger partial charge in [-0.1, -0.05) is 87.0 Å². The molecule has 3 aromatic rings. The van der Waals surface area contributed by atoms with Crippen LogP contribution in [0.4, 0.5) is 0 Å². The van der Waals surface area contributed by atoms with E-state index in [9.17, 15) is 9.90 Å². The molecule has 37 heavy (non-hydrogen) atoms. The molecule has 0 heterocycles. The van der Waals surface area contributed by atoms with Gasteiger partial charge in [0.15, 0.2) is 0 Å². The van der Waals surface area contributed by atoms with Crippen molar-refractivity contribution in [2.45, 2.75) is 71.8 Å². The minimum atomic E-state index is -0.356. The van der Waals surface area contributed by atoms with Gasteiger partial charge in [-0.25, -0.2) is 4.79 Å². The third-order valence-electron chi connectivity index (χ3n) is 7.82. The molecule has 0 aromatic heterocycles. The summed E-state index contributed by atoms with van der Waals surface area (Å²) >= 11 is 0. The Morgan fingerprint density at radius 1 is 0.919 bits per heavy atom. The van der Waals surface area contributed by atoms with E-state index in [-0.39, 0.29) is 12.6 Å². The van der Waals surface area contributed by atoms with Crippen molar-refractivity contribution in [3.63, 3.8) is 0 Å². The van der Waals surface area contributed by atoms with Crippen molar-refractivity contribution in [2.24, 2.45) is 5.92 Å². The summed E-state index contributed by atoms with van der Waals surface area (Å²) in [7, 11) is 0. The van der Waals surface area contributed by atoms with Gasteiger partial charge in [0.05, 0.1) is 13.2 Å². The maximum absolute atomic E-state index is 11.6. The van der Waals surface area contributed by atoms with Crippen LogP contribution in [0.3, 0.4) is 0 Å². The highest BCUT2D eigenvalue weighted by Gasteiger charge is 2.19. The Hall–Kier alpha value is -3.17. The van der Waals surface area contributed by atoms with Gasteiger partial charge < -0.3 is 9.84 Å². The highest BCUT2D eigenvalue weighted by Crippen LogP contribution is 2.36. The molecule has 3 aromatic carbocycles. The third-order valence-corrected chi connectivity index (χ3v) is 7.82. The fourth-order valence-electron chi connectivity index (χ4n) is 5.44. The monoisotopic (exact) mass is 496 g/mol. The van der Waals surface area contributed by atoms with Crippen molar-refractivity contribution in [3.05, 3.63) is 95.1 Å². The van der Waals surface area contributed by atoms with Crippen molar-refractivity contribution in [1.82, 2.24) is 0 Å². The van der Waals surface area contributed by atoms with E-state index in [2.05, 4.69) is 75.0 Å². The van der Waals surface area contributed by atoms with Gasteiger partial charge in [-0.2, -0.15) is 0 Å². The van der Waals surface area contributed by atoms with Gasteiger partial charge in [-0.3, -0.25) is 0 Å². The Bertz CT molecular complexity index is 1230. The van der Waals surface area contributed by atoms with E-state index in [0.29, 0.717) is 24.5 Å². The van der Waals surface area contributed by atoms with E-state index >= 15 is 0 Å². The molecular formula is C34H40O3. The first-order chi connectivity index (χ1) is 17.9.